The summed E-state index contributed by atoms with van der Waals surface area (Å²) in [6, 6.07) is 8.06. The normalized spacial score (nSPS) is 18.9. The van der Waals surface area contributed by atoms with Crippen LogP contribution < -0.4 is 0 Å². The number of hydrogen-bond acceptors (Lipinski definition) is 3. The topological polar surface area (TPSA) is 35.5 Å². The molecule has 0 radical (unpaired) electrons. The molecular formula is C25H39BrO3Si. The Labute approximate surface area is 192 Å². The van der Waals surface area contributed by atoms with Gasteiger partial charge in [-0.05, 0) is 59.7 Å². The Morgan fingerprint density at radius 1 is 1.03 bits per heavy atom. The van der Waals surface area contributed by atoms with Gasteiger partial charge in [-0.15, -0.1) is 0 Å². The van der Waals surface area contributed by atoms with E-state index in [1.54, 1.807) is 0 Å². The molecule has 5 heteroatoms. The number of halogens is 1. The maximum absolute atomic E-state index is 12.9. The molecule has 0 saturated carbocycles. The summed E-state index contributed by atoms with van der Waals surface area (Å²) in [4.78, 5) is 12.9. The quantitative estimate of drug-likeness (QED) is 0.271. The number of benzene rings is 1. The molecule has 0 spiro atoms. The smallest absolute Gasteiger partial charge is 0.313 e. The maximum atomic E-state index is 12.9. The van der Waals surface area contributed by atoms with Crippen LogP contribution in [0.4, 0.5) is 0 Å². The molecule has 0 aromatic heterocycles. The molecule has 0 aliphatic heterocycles. The fourth-order valence-corrected chi connectivity index (χ4v) is 11.2. The summed E-state index contributed by atoms with van der Waals surface area (Å²) < 4.78 is 13.3. The lowest BCUT2D eigenvalue weighted by molar-refractivity contribution is -0.143. The summed E-state index contributed by atoms with van der Waals surface area (Å²) in [6.45, 7) is 16.1. The van der Waals surface area contributed by atoms with Crippen LogP contribution in [0, 0.1) is 5.92 Å². The second-order valence-corrected chi connectivity index (χ2v) is 15.9. The van der Waals surface area contributed by atoms with Gasteiger partial charge in [-0.3, -0.25) is 4.79 Å². The zero-order chi connectivity index (χ0) is 22.6. The van der Waals surface area contributed by atoms with Crippen molar-refractivity contribution >= 4 is 30.2 Å². The summed E-state index contributed by atoms with van der Waals surface area (Å²) >= 11 is 3.50. The molecule has 2 atom stereocenters. The van der Waals surface area contributed by atoms with E-state index in [9.17, 15) is 4.79 Å². The molecule has 0 N–H and O–H groups in total. The molecule has 0 bridgehead atoms. The van der Waals surface area contributed by atoms with Gasteiger partial charge >= 0.3 is 5.97 Å². The van der Waals surface area contributed by atoms with Crippen LogP contribution in [0.15, 0.2) is 40.1 Å². The fraction of sp³-hybridized carbons (Fsp3) is 0.640. The molecule has 0 saturated heterocycles. The van der Waals surface area contributed by atoms with Crippen LogP contribution in [0.5, 0.6) is 0 Å². The van der Waals surface area contributed by atoms with Crippen LogP contribution >= 0.6 is 15.9 Å². The van der Waals surface area contributed by atoms with Crippen molar-refractivity contribution in [2.75, 3.05) is 7.11 Å². The lowest BCUT2D eigenvalue weighted by atomic mass is 9.75. The predicted octanol–water partition coefficient (Wildman–Crippen LogP) is 7.97. The fourth-order valence-electron chi connectivity index (χ4n) is 5.55. The molecule has 1 aromatic rings. The zero-order valence-corrected chi connectivity index (χ0v) is 22.5. The highest BCUT2D eigenvalue weighted by Gasteiger charge is 2.48. The highest BCUT2D eigenvalue weighted by molar-refractivity contribution is 9.10. The van der Waals surface area contributed by atoms with Crippen LogP contribution in [0.1, 0.15) is 79.2 Å². The molecular weight excluding hydrogens is 456 g/mol. The highest BCUT2D eigenvalue weighted by Crippen LogP contribution is 2.47. The zero-order valence-electron chi connectivity index (χ0n) is 19.9. The summed E-state index contributed by atoms with van der Waals surface area (Å²) in [7, 11) is -0.536. The number of carbonyl (C=O) groups excluding carboxylic acids is 1. The van der Waals surface area contributed by atoms with Crippen LogP contribution in [0.3, 0.4) is 0 Å². The van der Waals surface area contributed by atoms with Gasteiger partial charge in [-0.2, -0.15) is 0 Å². The van der Waals surface area contributed by atoms with Crippen molar-refractivity contribution < 1.29 is 14.0 Å². The van der Waals surface area contributed by atoms with Gasteiger partial charge in [0.15, 0.2) is 0 Å². The number of carbonyl (C=O) groups is 1. The van der Waals surface area contributed by atoms with Gasteiger partial charge < -0.3 is 9.16 Å². The molecule has 3 nitrogen and oxygen atoms in total. The minimum absolute atomic E-state index is 0.112. The Morgan fingerprint density at radius 2 is 1.57 bits per heavy atom. The maximum Gasteiger partial charge on any atom is 0.313 e. The van der Waals surface area contributed by atoms with E-state index in [2.05, 4.69) is 64.4 Å². The second kappa shape index (κ2) is 10.5. The van der Waals surface area contributed by atoms with Crippen molar-refractivity contribution in [3.63, 3.8) is 0 Å². The summed E-state index contributed by atoms with van der Waals surface area (Å²) in [5.74, 6) is 0.791. The lowest BCUT2D eigenvalue weighted by Gasteiger charge is -2.45. The van der Waals surface area contributed by atoms with Gasteiger partial charge in [0.2, 0.25) is 0 Å². The molecule has 0 unspecified atom stereocenters. The minimum atomic E-state index is -2.02. The average molecular weight is 496 g/mol. The van der Waals surface area contributed by atoms with E-state index in [1.165, 1.54) is 12.7 Å². The Balaban J connectivity index is 2.49. The first-order valence-corrected chi connectivity index (χ1v) is 14.2. The second-order valence-electron chi connectivity index (χ2n) is 9.58. The molecule has 1 aliphatic rings. The van der Waals surface area contributed by atoms with Gasteiger partial charge in [0.05, 0.1) is 18.8 Å². The summed E-state index contributed by atoms with van der Waals surface area (Å²) in [5, 5.41) is 0. The number of rotatable bonds is 8. The standard InChI is InChI=1S/C25H39BrO3Si/c1-16(2)30(17(3)4,18(5)6)29-23-11-9-10-22(19(23)7)24(25(27)28-8)20-12-14-21(26)15-13-20/h12-18,22,24H,9-11H2,1-8H3/t22-,24-/m0/s1. The molecule has 2 rings (SSSR count). The Morgan fingerprint density at radius 3 is 2.03 bits per heavy atom. The van der Waals surface area contributed by atoms with Crippen molar-refractivity contribution in [2.45, 2.75) is 90.3 Å². The molecule has 0 amide bonds. The van der Waals surface area contributed by atoms with E-state index < -0.39 is 8.32 Å². The highest BCUT2D eigenvalue weighted by atomic mass is 79.9. The first-order chi connectivity index (χ1) is 14.1. The molecule has 1 aliphatic carbocycles. The van der Waals surface area contributed by atoms with Crippen LogP contribution in [-0.4, -0.2) is 21.4 Å². The van der Waals surface area contributed by atoms with E-state index in [4.69, 9.17) is 9.16 Å². The van der Waals surface area contributed by atoms with Gasteiger partial charge in [-0.25, -0.2) is 0 Å². The predicted molar refractivity (Wildman–Crippen MR) is 131 cm³/mol. The van der Waals surface area contributed by atoms with Crippen molar-refractivity contribution in [1.82, 2.24) is 0 Å². The number of esters is 1. The van der Waals surface area contributed by atoms with E-state index in [0.29, 0.717) is 16.6 Å². The number of hydrogen-bond donors (Lipinski definition) is 0. The number of allylic oxidation sites excluding steroid dienone is 2. The van der Waals surface area contributed by atoms with Gasteiger partial charge in [-0.1, -0.05) is 69.6 Å². The molecule has 0 fully saturated rings. The molecule has 168 valence electrons. The van der Waals surface area contributed by atoms with Crippen molar-refractivity contribution in [2.24, 2.45) is 5.92 Å². The number of methoxy groups -OCH3 is 1. The third-order valence-electron chi connectivity index (χ3n) is 7.01. The molecule has 0 heterocycles. The van der Waals surface area contributed by atoms with E-state index in [0.717, 1.165) is 35.1 Å². The largest absolute Gasteiger partial charge is 0.546 e. The first kappa shape index (κ1) is 25.2. The molecule has 30 heavy (non-hydrogen) atoms. The van der Waals surface area contributed by atoms with Gasteiger partial charge in [0, 0.05) is 16.8 Å². The Bertz CT molecular complexity index is 730. The third-order valence-corrected chi connectivity index (χ3v) is 13.6. The van der Waals surface area contributed by atoms with Crippen molar-refractivity contribution in [3.05, 3.63) is 45.6 Å². The molecule has 1 aromatic carbocycles. The SMILES string of the molecule is COC(=O)[C@@H](c1ccc(Br)cc1)[C@H]1CCCC(O[Si](C(C)C)(C(C)C)C(C)C)=C1C. The Kier molecular flexibility index (Phi) is 8.81. The monoisotopic (exact) mass is 494 g/mol. The minimum Gasteiger partial charge on any atom is -0.546 e. The van der Waals surface area contributed by atoms with Crippen molar-refractivity contribution in [1.29, 1.82) is 0 Å². The van der Waals surface area contributed by atoms with Gasteiger partial charge in [0.1, 0.15) is 0 Å². The van der Waals surface area contributed by atoms with E-state index in [-0.39, 0.29) is 17.8 Å². The van der Waals surface area contributed by atoms with Crippen LogP contribution in [0.25, 0.3) is 0 Å². The van der Waals surface area contributed by atoms with Crippen LogP contribution in [0.2, 0.25) is 16.6 Å². The number of ether oxygens (including phenoxy) is 1. The summed E-state index contributed by atoms with van der Waals surface area (Å²) in [6.07, 6.45) is 2.99. The van der Waals surface area contributed by atoms with E-state index >= 15 is 0 Å². The third kappa shape index (κ3) is 5.04. The van der Waals surface area contributed by atoms with Crippen molar-refractivity contribution in [3.8, 4) is 0 Å². The van der Waals surface area contributed by atoms with Crippen LogP contribution in [-0.2, 0) is 14.0 Å². The van der Waals surface area contributed by atoms with E-state index in [1.807, 2.05) is 24.3 Å². The summed E-state index contributed by atoms with van der Waals surface area (Å²) in [5.41, 5.74) is 3.83. The average Bonchev–Trinajstić information content (AvgIpc) is 2.68. The first-order valence-electron chi connectivity index (χ1n) is 11.3. The lowest BCUT2D eigenvalue weighted by Crippen LogP contribution is -2.48. The van der Waals surface area contributed by atoms with Gasteiger partial charge in [0.25, 0.3) is 8.32 Å². The Hall–Kier alpha value is -1.07.